The zero-order valence-electron chi connectivity index (χ0n) is 13.4. The van der Waals surface area contributed by atoms with E-state index in [0.717, 1.165) is 0 Å². The van der Waals surface area contributed by atoms with Crippen LogP contribution in [0.5, 0.6) is 17.2 Å². The highest BCUT2D eigenvalue weighted by Crippen LogP contribution is 2.36. The van der Waals surface area contributed by atoms with Gasteiger partial charge in [0.1, 0.15) is 5.75 Å². The number of rotatable bonds is 6. The summed E-state index contributed by atoms with van der Waals surface area (Å²) in [6.45, 7) is -0.289. The Hall–Kier alpha value is -2.76. The maximum atomic E-state index is 11.9. The summed E-state index contributed by atoms with van der Waals surface area (Å²) in [5.74, 6) is -0.209. The number of allylic oxidation sites excluding steroid dienone is 2. The topological polar surface area (TPSA) is 87.0 Å². The molecule has 0 radical (unpaired) electrons. The molecule has 130 valence electrons. The summed E-state index contributed by atoms with van der Waals surface area (Å²) >= 11 is 6.11. The molecule has 2 aromatic carbocycles. The van der Waals surface area contributed by atoms with Gasteiger partial charge in [-0.2, -0.15) is 0 Å². The number of phenols is 2. The fourth-order valence-corrected chi connectivity index (χ4v) is 2.43. The Bertz CT molecular complexity index is 840. The van der Waals surface area contributed by atoms with E-state index in [1.54, 1.807) is 24.3 Å². The molecule has 0 aliphatic carbocycles. The predicted molar refractivity (Wildman–Crippen MR) is 96.8 cm³/mol. The maximum absolute atomic E-state index is 11.9. The smallest absolute Gasteiger partial charge is 0.179 e. The summed E-state index contributed by atoms with van der Waals surface area (Å²) in [6.07, 6.45) is 5.79. The van der Waals surface area contributed by atoms with Crippen LogP contribution in [0.4, 0.5) is 0 Å². The van der Waals surface area contributed by atoms with Crippen LogP contribution >= 0.6 is 11.6 Å². The van der Waals surface area contributed by atoms with Gasteiger partial charge in [-0.25, -0.2) is 0 Å². The van der Waals surface area contributed by atoms with Gasteiger partial charge in [0.2, 0.25) is 0 Å². The van der Waals surface area contributed by atoms with Crippen molar-refractivity contribution in [3.05, 3.63) is 64.2 Å². The largest absolute Gasteiger partial charge is 0.508 e. The van der Waals surface area contributed by atoms with Crippen LogP contribution in [-0.2, 0) is 11.4 Å². The molecule has 5 nitrogen and oxygen atoms in total. The molecule has 0 amide bonds. The number of halogens is 1. The number of carbonyl (C=O) groups is 1. The third kappa shape index (κ3) is 4.62. The summed E-state index contributed by atoms with van der Waals surface area (Å²) in [4.78, 5) is 11.9. The van der Waals surface area contributed by atoms with Crippen LogP contribution in [0.3, 0.4) is 0 Å². The van der Waals surface area contributed by atoms with Crippen molar-refractivity contribution >= 4 is 29.5 Å². The van der Waals surface area contributed by atoms with Crippen molar-refractivity contribution in [2.75, 3.05) is 7.11 Å². The van der Waals surface area contributed by atoms with Gasteiger partial charge in [-0.3, -0.25) is 4.79 Å². The molecule has 0 heterocycles. The number of hydrogen-bond donors (Lipinski definition) is 3. The lowest BCUT2D eigenvalue weighted by Crippen LogP contribution is -1.89. The lowest BCUT2D eigenvalue weighted by Gasteiger charge is -2.07. The predicted octanol–water partition coefficient (Wildman–Crippen LogP) is 3.55. The summed E-state index contributed by atoms with van der Waals surface area (Å²) < 4.78 is 5.00. The molecule has 2 rings (SSSR count). The quantitative estimate of drug-likeness (QED) is 0.686. The second-order valence-electron chi connectivity index (χ2n) is 5.14. The van der Waals surface area contributed by atoms with Crippen LogP contribution in [0, 0.1) is 0 Å². The first kappa shape index (κ1) is 18.6. The van der Waals surface area contributed by atoms with Gasteiger partial charge in [-0.15, -0.1) is 0 Å². The molecule has 0 atom stereocenters. The van der Waals surface area contributed by atoms with E-state index >= 15 is 0 Å². The van der Waals surface area contributed by atoms with Gasteiger partial charge in [-0.05, 0) is 53.6 Å². The van der Waals surface area contributed by atoms with Crippen molar-refractivity contribution in [2.24, 2.45) is 0 Å². The van der Waals surface area contributed by atoms with Gasteiger partial charge in [-0.1, -0.05) is 23.7 Å². The van der Waals surface area contributed by atoms with E-state index < -0.39 is 0 Å². The van der Waals surface area contributed by atoms with Gasteiger partial charge in [0.25, 0.3) is 0 Å². The normalized spacial score (nSPS) is 11.3. The Labute approximate surface area is 150 Å². The van der Waals surface area contributed by atoms with Crippen LogP contribution < -0.4 is 4.74 Å². The Morgan fingerprint density at radius 1 is 1.12 bits per heavy atom. The highest BCUT2D eigenvalue weighted by atomic mass is 35.5. The second kappa shape index (κ2) is 8.37. The number of aliphatic hydroxyl groups excluding tert-OH is 1. The van der Waals surface area contributed by atoms with Gasteiger partial charge in [0, 0.05) is 5.56 Å². The molecule has 0 aliphatic rings. The molecule has 0 saturated carbocycles. The molecule has 6 heteroatoms. The Morgan fingerprint density at radius 3 is 2.48 bits per heavy atom. The average Bonchev–Trinajstić information content (AvgIpc) is 2.60. The summed E-state index contributed by atoms with van der Waals surface area (Å²) in [5.41, 5.74) is 1.59. The fourth-order valence-electron chi connectivity index (χ4n) is 2.13. The molecule has 3 N–H and O–H groups in total. The lowest BCUT2D eigenvalue weighted by atomic mass is 10.1. The number of ether oxygens (including phenoxy) is 1. The molecule has 0 spiro atoms. The summed E-state index contributed by atoms with van der Waals surface area (Å²) in [5, 5.41) is 28.5. The zero-order chi connectivity index (χ0) is 18.4. The van der Waals surface area contributed by atoms with Crippen molar-refractivity contribution in [1.82, 2.24) is 0 Å². The molecule has 0 aromatic heterocycles. The van der Waals surface area contributed by atoms with Crippen LogP contribution in [0.2, 0.25) is 5.02 Å². The maximum Gasteiger partial charge on any atom is 0.179 e. The van der Waals surface area contributed by atoms with Crippen molar-refractivity contribution in [2.45, 2.75) is 6.61 Å². The number of carbonyl (C=O) groups excluding carboxylic acids is 1. The Kier molecular flexibility index (Phi) is 6.22. The van der Waals surface area contributed by atoms with E-state index in [1.165, 1.54) is 37.5 Å². The molecule has 2 aromatic rings. The number of hydrogen-bond acceptors (Lipinski definition) is 5. The van der Waals surface area contributed by atoms with Crippen molar-refractivity contribution in [3.63, 3.8) is 0 Å². The van der Waals surface area contributed by atoms with E-state index in [9.17, 15) is 15.0 Å². The van der Waals surface area contributed by atoms with Gasteiger partial charge in [0.15, 0.2) is 17.3 Å². The molecule has 0 unspecified atom stereocenters. The van der Waals surface area contributed by atoms with E-state index in [2.05, 4.69) is 0 Å². The first-order chi connectivity index (χ1) is 12.0. The van der Waals surface area contributed by atoms with Crippen LogP contribution in [0.15, 0.2) is 42.5 Å². The van der Waals surface area contributed by atoms with Crippen molar-refractivity contribution in [3.8, 4) is 17.2 Å². The minimum atomic E-state index is -0.289. The lowest BCUT2D eigenvalue weighted by molar-refractivity contribution is -0.110. The molecule has 25 heavy (non-hydrogen) atoms. The van der Waals surface area contributed by atoms with Gasteiger partial charge in [0.05, 0.1) is 18.7 Å². The number of aromatic hydroxyl groups is 2. The van der Waals surface area contributed by atoms with Crippen LogP contribution in [0.1, 0.15) is 16.7 Å². The van der Waals surface area contributed by atoms with E-state index in [1.807, 2.05) is 0 Å². The zero-order valence-corrected chi connectivity index (χ0v) is 14.2. The van der Waals surface area contributed by atoms with Crippen molar-refractivity contribution < 1.29 is 24.9 Å². The number of ketones is 1. The number of phenolic OH excluding ortho intramolecular Hbond substituents is 1. The molecule has 0 fully saturated rings. The van der Waals surface area contributed by atoms with E-state index in [4.69, 9.17) is 21.4 Å². The Balaban J connectivity index is 2.13. The molecule has 0 aliphatic heterocycles. The second-order valence-corrected chi connectivity index (χ2v) is 5.51. The fraction of sp³-hybridized carbons (Fsp3) is 0.105. The standard InChI is InChI=1S/C19H17ClO5/c1-25-19-17(24)9-5-13(18(19)20)4-7-15(22)6-2-12-3-8-16(23)14(10-12)11-21/h2-10,21,23-24H,11H2,1H3. The van der Waals surface area contributed by atoms with E-state index in [0.29, 0.717) is 16.7 Å². The van der Waals surface area contributed by atoms with Crippen LogP contribution in [-0.4, -0.2) is 28.2 Å². The van der Waals surface area contributed by atoms with Gasteiger partial charge >= 0.3 is 0 Å². The minimum Gasteiger partial charge on any atom is -0.508 e. The van der Waals surface area contributed by atoms with E-state index in [-0.39, 0.29) is 34.7 Å². The van der Waals surface area contributed by atoms with Crippen LogP contribution in [0.25, 0.3) is 12.2 Å². The number of methoxy groups -OCH3 is 1. The Morgan fingerprint density at radius 2 is 1.80 bits per heavy atom. The third-order valence-electron chi connectivity index (χ3n) is 3.45. The first-order valence-electron chi connectivity index (χ1n) is 7.34. The molecular weight excluding hydrogens is 344 g/mol. The van der Waals surface area contributed by atoms with Gasteiger partial charge < -0.3 is 20.1 Å². The monoisotopic (exact) mass is 360 g/mol. The highest BCUT2D eigenvalue weighted by molar-refractivity contribution is 6.34. The number of aliphatic hydroxyl groups is 1. The molecule has 0 bridgehead atoms. The first-order valence-corrected chi connectivity index (χ1v) is 7.72. The summed E-state index contributed by atoms with van der Waals surface area (Å²) in [7, 11) is 1.39. The SMILES string of the molecule is COc1c(O)ccc(C=CC(=O)C=Cc2ccc(O)c(CO)c2)c1Cl. The summed E-state index contributed by atoms with van der Waals surface area (Å²) in [6, 6.07) is 7.67. The minimum absolute atomic E-state index is 0.00166. The molecular formula is C19H17ClO5. The van der Waals surface area contributed by atoms with Crippen molar-refractivity contribution in [1.29, 1.82) is 0 Å². The average molecular weight is 361 g/mol. The highest BCUT2D eigenvalue weighted by Gasteiger charge is 2.10. The molecule has 0 saturated heterocycles. The third-order valence-corrected chi connectivity index (χ3v) is 3.84. The number of benzene rings is 2.